The summed E-state index contributed by atoms with van der Waals surface area (Å²) in [4.78, 5) is 12.6. The highest BCUT2D eigenvalue weighted by atomic mass is 16.5. The molecule has 0 fully saturated rings. The van der Waals surface area contributed by atoms with Crippen molar-refractivity contribution in [2.75, 3.05) is 0 Å². The van der Waals surface area contributed by atoms with Crippen molar-refractivity contribution in [3.05, 3.63) is 89.3 Å². The van der Waals surface area contributed by atoms with Gasteiger partial charge in [-0.05, 0) is 30.3 Å². The van der Waals surface area contributed by atoms with Crippen molar-refractivity contribution in [3.8, 4) is 28.6 Å². The lowest BCUT2D eigenvalue weighted by atomic mass is 10.2. The molecule has 0 aliphatic heterocycles. The molecule has 0 saturated heterocycles. The molecule has 0 amide bonds. The van der Waals surface area contributed by atoms with Gasteiger partial charge in [0.25, 0.3) is 5.56 Å². The van der Waals surface area contributed by atoms with Crippen LogP contribution < -0.4 is 10.3 Å². The van der Waals surface area contributed by atoms with Crippen LogP contribution in [0.25, 0.3) is 17.1 Å². The van der Waals surface area contributed by atoms with Gasteiger partial charge in [0.1, 0.15) is 5.75 Å². The molecule has 2 aromatic carbocycles. The van der Waals surface area contributed by atoms with Gasteiger partial charge in [-0.1, -0.05) is 36.4 Å². The minimum Gasteiger partial charge on any atom is -0.455 e. The average Bonchev–Trinajstić information content (AvgIpc) is 3.09. The molecule has 6 nitrogen and oxygen atoms in total. The predicted molar refractivity (Wildman–Crippen MR) is 98.6 cm³/mol. The Balaban J connectivity index is 1.90. The minimum absolute atomic E-state index is 0.270. The molecular weight excluding hydrogens is 328 g/mol. The maximum Gasteiger partial charge on any atom is 0.275 e. The van der Waals surface area contributed by atoms with Gasteiger partial charge in [-0.3, -0.25) is 9.48 Å². The second-order valence-corrected chi connectivity index (χ2v) is 5.70. The number of aryl methyl sites for hydroxylation is 1. The summed E-state index contributed by atoms with van der Waals surface area (Å²) >= 11 is 0. The van der Waals surface area contributed by atoms with E-state index in [1.165, 1.54) is 10.7 Å². The zero-order valence-corrected chi connectivity index (χ0v) is 14.1. The van der Waals surface area contributed by atoms with Crippen LogP contribution >= 0.6 is 0 Å². The Morgan fingerprint density at radius 2 is 1.62 bits per heavy atom. The van der Waals surface area contributed by atoms with Gasteiger partial charge >= 0.3 is 0 Å². The van der Waals surface area contributed by atoms with E-state index < -0.39 is 0 Å². The summed E-state index contributed by atoms with van der Waals surface area (Å²) in [5.74, 6) is 1.02. The van der Waals surface area contributed by atoms with E-state index in [0.717, 1.165) is 5.69 Å². The van der Waals surface area contributed by atoms with Crippen molar-refractivity contribution >= 4 is 0 Å². The molecule has 0 radical (unpaired) electrons. The molecule has 0 N–H and O–H groups in total. The molecular formula is C20H16N4O2. The molecule has 2 aromatic heterocycles. The first-order valence-electron chi connectivity index (χ1n) is 8.13. The first-order chi connectivity index (χ1) is 12.7. The fourth-order valence-electron chi connectivity index (χ4n) is 2.67. The number of nitrogens with zero attached hydrogens (tertiary/aromatic N) is 4. The number of para-hydroxylation sites is 2. The Hall–Kier alpha value is -3.67. The molecule has 0 aliphatic carbocycles. The van der Waals surface area contributed by atoms with Crippen molar-refractivity contribution in [2.45, 2.75) is 0 Å². The van der Waals surface area contributed by atoms with Gasteiger partial charge in [0, 0.05) is 13.2 Å². The van der Waals surface area contributed by atoms with E-state index in [2.05, 4.69) is 10.2 Å². The number of aromatic nitrogens is 4. The van der Waals surface area contributed by atoms with E-state index >= 15 is 0 Å². The van der Waals surface area contributed by atoms with Gasteiger partial charge in [-0.25, -0.2) is 0 Å². The van der Waals surface area contributed by atoms with Gasteiger partial charge in [0.05, 0.1) is 17.4 Å². The summed E-state index contributed by atoms with van der Waals surface area (Å²) in [6, 6.07) is 21.9. The van der Waals surface area contributed by atoms with Crippen molar-refractivity contribution in [1.29, 1.82) is 0 Å². The number of hydrogen-bond acceptors (Lipinski definition) is 4. The molecule has 26 heavy (non-hydrogen) atoms. The molecule has 0 atom stereocenters. The van der Waals surface area contributed by atoms with Crippen LogP contribution in [0.2, 0.25) is 0 Å². The average molecular weight is 344 g/mol. The molecule has 0 unspecified atom stereocenters. The Morgan fingerprint density at radius 3 is 2.27 bits per heavy atom. The van der Waals surface area contributed by atoms with Crippen molar-refractivity contribution < 1.29 is 4.74 Å². The smallest absolute Gasteiger partial charge is 0.275 e. The minimum atomic E-state index is -0.270. The van der Waals surface area contributed by atoms with E-state index in [1.807, 2.05) is 73.8 Å². The molecule has 4 aromatic rings. The summed E-state index contributed by atoms with van der Waals surface area (Å²) in [6.07, 6.45) is 1.68. The maximum atomic E-state index is 12.6. The molecule has 0 saturated carbocycles. The summed E-state index contributed by atoms with van der Waals surface area (Å²) in [5, 5.41) is 8.76. The zero-order chi connectivity index (χ0) is 17.9. The standard InChI is InChI=1S/C20H16N4O2/c1-23-17(12-13-21-23)20-18(26-16-10-6-3-7-11-16)14-19(25)24(22-20)15-8-4-2-5-9-15/h2-14H,1H3. The largest absolute Gasteiger partial charge is 0.455 e. The summed E-state index contributed by atoms with van der Waals surface area (Å²) in [7, 11) is 1.82. The van der Waals surface area contributed by atoms with Crippen LogP contribution in [-0.2, 0) is 7.05 Å². The van der Waals surface area contributed by atoms with Crippen LogP contribution in [0.3, 0.4) is 0 Å². The third-order valence-corrected chi connectivity index (χ3v) is 3.93. The van der Waals surface area contributed by atoms with Crippen molar-refractivity contribution in [2.24, 2.45) is 7.05 Å². The number of hydrogen-bond donors (Lipinski definition) is 0. The highest BCUT2D eigenvalue weighted by Gasteiger charge is 2.16. The molecule has 0 aliphatic rings. The normalized spacial score (nSPS) is 10.7. The quantitative estimate of drug-likeness (QED) is 0.569. The van der Waals surface area contributed by atoms with E-state index in [9.17, 15) is 4.79 Å². The summed E-state index contributed by atoms with van der Waals surface area (Å²) < 4.78 is 9.00. The molecule has 4 rings (SSSR count). The first kappa shape index (κ1) is 15.8. The third-order valence-electron chi connectivity index (χ3n) is 3.93. The molecule has 6 heteroatoms. The lowest BCUT2D eigenvalue weighted by Gasteiger charge is -2.13. The van der Waals surface area contributed by atoms with Crippen LogP contribution in [0.5, 0.6) is 11.5 Å². The lowest BCUT2D eigenvalue weighted by molar-refractivity contribution is 0.477. The van der Waals surface area contributed by atoms with E-state index in [0.29, 0.717) is 22.9 Å². The van der Waals surface area contributed by atoms with Crippen LogP contribution in [-0.4, -0.2) is 19.6 Å². The van der Waals surface area contributed by atoms with Crippen LogP contribution in [0.4, 0.5) is 0 Å². The fourth-order valence-corrected chi connectivity index (χ4v) is 2.67. The van der Waals surface area contributed by atoms with E-state index in [-0.39, 0.29) is 5.56 Å². The van der Waals surface area contributed by atoms with Crippen LogP contribution in [0, 0.1) is 0 Å². The monoisotopic (exact) mass is 344 g/mol. The van der Waals surface area contributed by atoms with E-state index in [4.69, 9.17) is 4.74 Å². The molecule has 0 spiro atoms. The van der Waals surface area contributed by atoms with E-state index in [1.54, 1.807) is 10.9 Å². The Morgan fingerprint density at radius 1 is 0.923 bits per heavy atom. The molecule has 128 valence electrons. The number of benzene rings is 2. The Kier molecular flexibility index (Phi) is 4.07. The SMILES string of the molecule is Cn1nccc1-c1nn(-c2ccccc2)c(=O)cc1Oc1ccccc1. The highest BCUT2D eigenvalue weighted by Crippen LogP contribution is 2.30. The topological polar surface area (TPSA) is 61.9 Å². The van der Waals surface area contributed by atoms with Crippen molar-refractivity contribution in [1.82, 2.24) is 19.6 Å². The van der Waals surface area contributed by atoms with Gasteiger partial charge < -0.3 is 4.74 Å². The van der Waals surface area contributed by atoms with Crippen molar-refractivity contribution in [3.63, 3.8) is 0 Å². The second-order valence-electron chi connectivity index (χ2n) is 5.70. The second kappa shape index (κ2) is 6.68. The predicted octanol–water partition coefficient (Wildman–Crippen LogP) is 3.43. The van der Waals surface area contributed by atoms with Gasteiger partial charge in [0.2, 0.25) is 0 Å². The lowest BCUT2D eigenvalue weighted by Crippen LogP contribution is -2.21. The number of ether oxygens (including phenoxy) is 1. The summed E-state index contributed by atoms with van der Waals surface area (Å²) in [6.45, 7) is 0. The number of rotatable bonds is 4. The summed E-state index contributed by atoms with van der Waals surface area (Å²) in [5.41, 5.74) is 1.71. The third kappa shape index (κ3) is 3.00. The van der Waals surface area contributed by atoms with Crippen LogP contribution in [0.1, 0.15) is 0 Å². The molecule has 2 heterocycles. The fraction of sp³-hybridized carbons (Fsp3) is 0.0500. The van der Waals surface area contributed by atoms with Crippen LogP contribution in [0.15, 0.2) is 83.8 Å². The highest BCUT2D eigenvalue weighted by molar-refractivity contribution is 5.63. The molecule has 0 bridgehead atoms. The maximum absolute atomic E-state index is 12.6. The van der Waals surface area contributed by atoms with Gasteiger partial charge in [-0.15, -0.1) is 0 Å². The first-order valence-corrected chi connectivity index (χ1v) is 8.13. The van der Waals surface area contributed by atoms with Gasteiger partial charge in [-0.2, -0.15) is 14.9 Å². The van der Waals surface area contributed by atoms with Gasteiger partial charge in [0.15, 0.2) is 11.4 Å². The Labute approximate surface area is 149 Å². The zero-order valence-electron chi connectivity index (χ0n) is 14.1. The Bertz CT molecular complexity index is 1090.